The predicted molar refractivity (Wildman–Crippen MR) is 107 cm³/mol. The molecule has 0 spiro atoms. The van der Waals surface area contributed by atoms with Crippen LogP contribution >= 0.6 is 0 Å². The quantitative estimate of drug-likeness (QED) is 0.531. The Balaban J connectivity index is 1.49. The molecule has 2 aromatic carbocycles. The maximum Gasteiger partial charge on any atom is 0.416 e. The summed E-state index contributed by atoms with van der Waals surface area (Å²) in [5.41, 5.74) is 1.69. The molecule has 0 unspecified atom stereocenters. The van der Waals surface area contributed by atoms with Gasteiger partial charge in [-0.2, -0.15) is 13.2 Å². The Hall–Kier alpha value is -3.35. The first-order valence-corrected chi connectivity index (χ1v) is 9.37. The number of halogens is 3. The normalized spacial score (nSPS) is 14.5. The molecule has 0 bridgehead atoms. The summed E-state index contributed by atoms with van der Waals surface area (Å²) in [6, 6.07) is 14.5. The summed E-state index contributed by atoms with van der Waals surface area (Å²) in [6.07, 6.45) is 0.454. The van der Waals surface area contributed by atoms with Crippen LogP contribution in [0.3, 0.4) is 0 Å². The van der Waals surface area contributed by atoms with Gasteiger partial charge in [0.2, 0.25) is 0 Å². The third-order valence-corrected chi connectivity index (χ3v) is 4.67. The molecule has 7 heteroatoms. The number of carbonyl (C=O) groups excluding carboxylic acids is 2. The first kappa shape index (κ1) is 21.4. The van der Waals surface area contributed by atoms with Crippen LogP contribution in [0, 0.1) is 0 Å². The van der Waals surface area contributed by atoms with Gasteiger partial charge < -0.3 is 9.64 Å². The lowest BCUT2D eigenvalue weighted by Crippen LogP contribution is -2.37. The first-order chi connectivity index (χ1) is 14.3. The van der Waals surface area contributed by atoms with Crippen molar-refractivity contribution >= 4 is 23.5 Å². The summed E-state index contributed by atoms with van der Waals surface area (Å²) in [4.78, 5) is 25.6. The average Bonchev–Trinajstić information content (AvgIpc) is 2.76. The zero-order valence-electron chi connectivity index (χ0n) is 16.1. The summed E-state index contributed by atoms with van der Waals surface area (Å²) >= 11 is 0. The number of nitrogens with zero attached hydrogens (tertiary/aromatic N) is 1. The van der Waals surface area contributed by atoms with Crippen LogP contribution in [0.1, 0.15) is 23.1 Å². The molecule has 3 rings (SSSR count). The first-order valence-electron chi connectivity index (χ1n) is 9.37. The van der Waals surface area contributed by atoms with Gasteiger partial charge in [-0.05, 0) is 41.3 Å². The fourth-order valence-electron chi connectivity index (χ4n) is 3.07. The lowest BCUT2D eigenvalue weighted by Gasteiger charge is -2.26. The van der Waals surface area contributed by atoms with Crippen LogP contribution in [0.25, 0.3) is 11.6 Å². The molecular formula is C23H20F3NO3. The maximum absolute atomic E-state index is 12.7. The number of esters is 1. The number of carbonyl (C=O) groups is 2. The zero-order chi connectivity index (χ0) is 21.6. The molecule has 2 aromatic rings. The SMILES string of the molecule is O=C(/C=C/c1cccc(C(F)(F)F)c1)OCC(=O)N1CC=C(c2ccccc2)CC1. The minimum atomic E-state index is -4.46. The van der Waals surface area contributed by atoms with E-state index in [4.69, 9.17) is 4.74 Å². The summed E-state index contributed by atoms with van der Waals surface area (Å²) in [5.74, 6) is -1.11. The van der Waals surface area contributed by atoms with Crippen molar-refractivity contribution in [3.63, 3.8) is 0 Å². The van der Waals surface area contributed by atoms with Crippen molar-refractivity contribution in [3.05, 3.63) is 83.4 Å². The van der Waals surface area contributed by atoms with Gasteiger partial charge in [0.25, 0.3) is 5.91 Å². The van der Waals surface area contributed by atoms with E-state index in [9.17, 15) is 22.8 Å². The fourth-order valence-corrected chi connectivity index (χ4v) is 3.07. The largest absolute Gasteiger partial charge is 0.452 e. The fraction of sp³-hybridized carbons (Fsp3) is 0.217. The molecule has 0 aliphatic carbocycles. The number of alkyl halides is 3. The van der Waals surface area contributed by atoms with Gasteiger partial charge in [0.1, 0.15) is 0 Å². The molecule has 0 saturated heterocycles. The maximum atomic E-state index is 12.7. The highest BCUT2D eigenvalue weighted by molar-refractivity contribution is 5.89. The van der Waals surface area contributed by atoms with E-state index in [2.05, 4.69) is 0 Å². The number of hydrogen-bond donors (Lipinski definition) is 0. The molecule has 1 aliphatic rings. The summed E-state index contributed by atoms with van der Waals surface area (Å²) in [6.45, 7) is 0.540. The Morgan fingerprint density at radius 2 is 1.83 bits per heavy atom. The van der Waals surface area contributed by atoms with E-state index in [1.807, 2.05) is 36.4 Å². The Morgan fingerprint density at radius 3 is 2.50 bits per heavy atom. The Morgan fingerprint density at radius 1 is 1.07 bits per heavy atom. The molecular weight excluding hydrogens is 395 g/mol. The molecule has 1 amide bonds. The van der Waals surface area contributed by atoms with Crippen LogP contribution in [-0.2, 0) is 20.5 Å². The second-order valence-electron chi connectivity index (χ2n) is 6.75. The number of rotatable bonds is 5. The molecule has 156 valence electrons. The van der Waals surface area contributed by atoms with Gasteiger partial charge in [0.15, 0.2) is 6.61 Å². The van der Waals surface area contributed by atoms with Crippen LogP contribution in [0.15, 0.2) is 66.7 Å². The number of benzene rings is 2. The van der Waals surface area contributed by atoms with E-state index >= 15 is 0 Å². The van der Waals surface area contributed by atoms with Gasteiger partial charge in [-0.3, -0.25) is 4.79 Å². The number of hydrogen-bond acceptors (Lipinski definition) is 3. The smallest absolute Gasteiger partial charge is 0.416 e. The predicted octanol–water partition coefficient (Wildman–Crippen LogP) is 4.58. The van der Waals surface area contributed by atoms with E-state index in [1.54, 1.807) is 4.90 Å². The second-order valence-corrected chi connectivity index (χ2v) is 6.75. The van der Waals surface area contributed by atoms with E-state index in [-0.39, 0.29) is 11.5 Å². The van der Waals surface area contributed by atoms with E-state index in [0.717, 1.165) is 23.8 Å². The molecule has 0 aromatic heterocycles. The third kappa shape index (κ3) is 5.83. The molecule has 1 heterocycles. The van der Waals surface area contributed by atoms with Crippen molar-refractivity contribution in [2.45, 2.75) is 12.6 Å². The van der Waals surface area contributed by atoms with Gasteiger partial charge >= 0.3 is 12.1 Å². The molecule has 4 nitrogen and oxygen atoms in total. The van der Waals surface area contributed by atoms with Crippen molar-refractivity contribution < 1.29 is 27.5 Å². The zero-order valence-corrected chi connectivity index (χ0v) is 16.1. The van der Waals surface area contributed by atoms with E-state index < -0.39 is 24.3 Å². The van der Waals surface area contributed by atoms with Crippen LogP contribution in [0.5, 0.6) is 0 Å². The molecule has 0 N–H and O–H groups in total. The average molecular weight is 415 g/mol. The summed E-state index contributed by atoms with van der Waals surface area (Å²) in [5, 5.41) is 0. The Bertz CT molecular complexity index is 965. The molecule has 30 heavy (non-hydrogen) atoms. The number of amides is 1. The van der Waals surface area contributed by atoms with Gasteiger partial charge in [-0.15, -0.1) is 0 Å². The van der Waals surface area contributed by atoms with Crippen molar-refractivity contribution in [2.75, 3.05) is 19.7 Å². The highest BCUT2D eigenvalue weighted by Gasteiger charge is 2.30. The summed E-state index contributed by atoms with van der Waals surface area (Å²) < 4.78 is 43.1. The van der Waals surface area contributed by atoms with Crippen LogP contribution in [0.4, 0.5) is 13.2 Å². The minimum absolute atomic E-state index is 0.211. The van der Waals surface area contributed by atoms with Crippen molar-refractivity contribution in [2.24, 2.45) is 0 Å². The Kier molecular flexibility index (Phi) is 6.72. The highest BCUT2D eigenvalue weighted by atomic mass is 19.4. The van der Waals surface area contributed by atoms with Gasteiger partial charge in [0.05, 0.1) is 5.56 Å². The molecule has 0 fully saturated rings. The van der Waals surface area contributed by atoms with Crippen LogP contribution < -0.4 is 0 Å². The lowest BCUT2D eigenvalue weighted by atomic mass is 10.00. The van der Waals surface area contributed by atoms with Crippen molar-refractivity contribution in [1.29, 1.82) is 0 Å². The molecule has 0 radical (unpaired) electrons. The molecule has 0 saturated carbocycles. The minimum Gasteiger partial charge on any atom is -0.452 e. The number of ether oxygens (including phenoxy) is 1. The van der Waals surface area contributed by atoms with E-state index in [0.29, 0.717) is 19.5 Å². The standard InChI is InChI=1S/C23H20F3NO3/c24-23(25,26)20-8-4-5-17(15-20)9-10-22(29)30-16-21(28)27-13-11-19(12-14-27)18-6-2-1-3-7-18/h1-11,15H,12-14,16H2/b10-9+. The highest BCUT2D eigenvalue weighted by Crippen LogP contribution is 2.29. The van der Waals surface area contributed by atoms with E-state index in [1.165, 1.54) is 23.8 Å². The monoisotopic (exact) mass is 415 g/mol. The van der Waals surface area contributed by atoms with Crippen molar-refractivity contribution in [1.82, 2.24) is 4.90 Å². The Labute approximate surface area is 172 Å². The van der Waals surface area contributed by atoms with Crippen molar-refractivity contribution in [3.8, 4) is 0 Å². The molecule has 1 aliphatic heterocycles. The summed E-state index contributed by atoms with van der Waals surface area (Å²) in [7, 11) is 0. The van der Waals surface area contributed by atoms with Crippen LogP contribution in [-0.4, -0.2) is 36.5 Å². The van der Waals surface area contributed by atoms with Crippen LogP contribution in [0.2, 0.25) is 0 Å². The topological polar surface area (TPSA) is 46.6 Å². The van der Waals surface area contributed by atoms with Gasteiger partial charge in [0, 0.05) is 19.2 Å². The molecule has 0 atom stereocenters. The lowest BCUT2D eigenvalue weighted by molar-refractivity contribution is -0.147. The van der Waals surface area contributed by atoms with Gasteiger partial charge in [-0.25, -0.2) is 4.79 Å². The second kappa shape index (κ2) is 9.43. The third-order valence-electron chi connectivity index (χ3n) is 4.67. The van der Waals surface area contributed by atoms with Gasteiger partial charge in [-0.1, -0.05) is 48.5 Å².